The number of hydrogen-bond donors (Lipinski definition) is 1. The van der Waals surface area contributed by atoms with E-state index in [9.17, 15) is 44.6 Å². The first-order valence-corrected chi connectivity index (χ1v) is 12.2. The van der Waals surface area contributed by atoms with Gasteiger partial charge in [-0.15, -0.1) is 0 Å². The first-order chi connectivity index (χ1) is 18.6. The van der Waals surface area contributed by atoms with Crippen LogP contribution in [0.2, 0.25) is 0 Å². The van der Waals surface area contributed by atoms with Gasteiger partial charge in [0.1, 0.15) is 0 Å². The third-order valence-corrected chi connectivity index (χ3v) is 6.94. The van der Waals surface area contributed by atoms with Gasteiger partial charge in [-0.1, -0.05) is 66.7 Å². The van der Waals surface area contributed by atoms with Gasteiger partial charge in [0.15, 0.2) is 0 Å². The van der Waals surface area contributed by atoms with Gasteiger partial charge >= 0.3 is 18.5 Å². The van der Waals surface area contributed by atoms with Crippen molar-refractivity contribution in [1.82, 2.24) is 9.80 Å². The minimum absolute atomic E-state index is 0.380. The van der Waals surface area contributed by atoms with Crippen LogP contribution in [0.1, 0.15) is 22.3 Å². The molecule has 0 spiro atoms. The zero-order valence-electron chi connectivity index (χ0n) is 20.9. The van der Waals surface area contributed by atoms with E-state index in [-0.39, 0.29) is 0 Å². The summed E-state index contributed by atoms with van der Waals surface area (Å²) in [5.74, 6) is 0. The summed E-state index contributed by atoms with van der Waals surface area (Å²) >= 11 is 0. The fourth-order valence-corrected chi connectivity index (χ4v) is 4.66. The number of hydrogen-bond acceptors (Lipinski definition) is 3. The van der Waals surface area contributed by atoms with Crippen molar-refractivity contribution < 1.29 is 44.6 Å². The number of nitrogens with zero attached hydrogens (tertiary/aromatic N) is 2. The molecule has 1 heterocycles. The Labute approximate surface area is 224 Å². The van der Waals surface area contributed by atoms with Gasteiger partial charge in [0.25, 0.3) is 5.60 Å². The van der Waals surface area contributed by atoms with E-state index in [1.54, 1.807) is 30.3 Å². The third-order valence-electron chi connectivity index (χ3n) is 6.94. The first kappa shape index (κ1) is 29.9. The van der Waals surface area contributed by atoms with Crippen molar-refractivity contribution in [2.75, 3.05) is 26.2 Å². The van der Waals surface area contributed by atoms with Gasteiger partial charge < -0.3 is 5.11 Å². The second kappa shape index (κ2) is 11.1. The maximum Gasteiger partial charge on any atom is 0.430 e. The predicted molar refractivity (Wildman–Crippen MR) is 130 cm³/mol. The molecule has 1 N–H and O–H groups in total. The molecule has 1 fully saturated rings. The topological polar surface area (TPSA) is 26.7 Å². The molecule has 12 heteroatoms. The number of benzene rings is 3. The van der Waals surface area contributed by atoms with Crippen molar-refractivity contribution in [2.45, 2.75) is 37.2 Å². The van der Waals surface area contributed by atoms with E-state index >= 15 is 0 Å². The molecule has 0 bridgehead atoms. The summed E-state index contributed by atoms with van der Waals surface area (Å²) in [4.78, 5) is 4.26. The number of rotatable bonds is 6. The molecule has 1 saturated heterocycles. The summed E-state index contributed by atoms with van der Waals surface area (Å²) in [5.41, 5.74) is -4.48. The van der Waals surface area contributed by atoms with Gasteiger partial charge in [-0.05, 0) is 28.3 Å². The summed E-state index contributed by atoms with van der Waals surface area (Å²) in [5, 5.41) is 9.54. The van der Waals surface area contributed by atoms with Crippen LogP contribution in [0, 0.1) is 0 Å². The number of halogens is 9. The summed E-state index contributed by atoms with van der Waals surface area (Å²) in [7, 11) is 0. The Bertz CT molecular complexity index is 1260. The largest absolute Gasteiger partial charge is 0.430 e. The van der Waals surface area contributed by atoms with E-state index in [1.807, 2.05) is 0 Å². The van der Waals surface area contributed by atoms with E-state index in [0.29, 0.717) is 68.1 Å². The van der Waals surface area contributed by atoms with Crippen molar-refractivity contribution in [1.29, 1.82) is 0 Å². The zero-order chi connectivity index (χ0) is 29.3. The Morgan fingerprint density at radius 2 is 1.00 bits per heavy atom. The van der Waals surface area contributed by atoms with Crippen LogP contribution >= 0.6 is 0 Å². The lowest BCUT2D eigenvalue weighted by molar-refractivity contribution is -0.376. The van der Waals surface area contributed by atoms with Gasteiger partial charge in [-0.2, -0.15) is 39.5 Å². The number of alkyl halides is 9. The first-order valence-electron chi connectivity index (χ1n) is 12.2. The summed E-state index contributed by atoms with van der Waals surface area (Å²) in [6.45, 7) is 3.74. The van der Waals surface area contributed by atoms with Crippen molar-refractivity contribution >= 4 is 0 Å². The van der Waals surface area contributed by atoms with Gasteiger partial charge in [-0.3, -0.25) is 9.80 Å². The highest BCUT2D eigenvalue weighted by molar-refractivity contribution is 5.64. The molecule has 3 aromatic rings. The highest BCUT2D eigenvalue weighted by Crippen LogP contribution is 2.50. The lowest BCUT2D eigenvalue weighted by Gasteiger charge is -2.34. The molecule has 1 aliphatic rings. The molecule has 0 aliphatic carbocycles. The minimum atomic E-state index is -5.95. The van der Waals surface area contributed by atoms with Gasteiger partial charge in [0.05, 0.1) is 5.56 Å². The Hall–Kier alpha value is -3.09. The molecular formula is C28H25F9N2O. The Kier molecular flexibility index (Phi) is 8.26. The van der Waals surface area contributed by atoms with Gasteiger partial charge in [0.2, 0.25) is 0 Å². The van der Waals surface area contributed by atoms with Crippen LogP contribution in [-0.4, -0.2) is 53.4 Å². The maximum atomic E-state index is 13.1. The average Bonchev–Trinajstić information content (AvgIpc) is 2.88. The van der Waals surface area contributed by atoms with Crippen LogP contribution in [0.25, 0.3) is 11.1 Å². The van der Waals surface area contributed by atoms with Crippen LogP contribution in [0.15, 0.2) is 72.8 Å². The fourth-order valence-electron chi connectivity index (χ4n) is 4.66. The molecule has 0 unspecified atom stereocenters. The zero-order valence-corrected chi connectivity index (χ0v) is 20.9. The molecule has 0 atom stereocenters. The molecule has 0 radical (unpaired) electrons. The molecular weight excluding hydrogens is 551 g/mol. The molecule has 0 aromatic heterocycles. The van der Waals surface area contributed by atoms with Crippen LogP contribution in [0.3, 0.4) is 0 Å². The van der Waals surface area contributed by atoms with Crippen molar-refractivity contribution in [3.05, 3.63) is 95.1 Å². The molecule has 216 valence electrons. The average molecular weight is 577 g/mol. The summed E-state index contributed by atoms with van der Waals surface area (Å²) in [6, 6.07) is 15.7. The van der Waals surface area contributed by atoms with Gasteiger partial charge in [-0.25, -0.2) is 0 Å². The lowest BCUT2D eigenvalue weighted by atomic mass is 9.90. The second-order valence-corrected chi connectivity index (χ2v) is 9.73. The Balaban J connectivity index is 1.34. The molecule has 1 aliphatic heterocycles. The van der Waals surface area contributed by atoms with E-state index in [2.05, 4.69) is 9.80 Å². The Morgan fingerprint density at radius 1 is 0.550 bits per heavy atom. The van der Waals surface area contributed by atoms with Gasteiger partial charge in [0, 0.05) is 44.8 Å². The van der Waals surface area contributed by atoms with Crippen LogP contribution in [0.4, 0.5) is 39.5 Å². The third kappa shape index (κ3) is 6.45. The number of piperazine rings is 1. The lowest BCUT2D eigenvalue weighted by Crippen LogP contribution is -2.53. The quantitative estimate of drug-likeness (QED) is 0.320. The normalized spacial score (nSPS) is 16.4. The van der Waals surface area contributed by atoms with Crippen molar-refractivity contribution in [3.8, 4) is 11.1 Å². The predicted octanol–water partition coefficient (Wildman–Crippen LogP) is 7.00. The van der Waals surface area contributed by atoms with Crippen molar-refractivity contribution in [3.63, 3.8) is 0 Å². The SMILES string of the molecule is OC(c1ccc(-c2ccc(CN3CCN(Cc4cccc(C(F)(F)F)c4)CC3)cc2)cc1)(C(F)(F)F)C(F)(F)F. The summed E-state index contributed by atoms with van der Waals surface area (Å²) < 4.78 is 118. The van der Waals surface area contributed by atoms with Crippen LogP contribution in [0.5, 0.6) is 0 Å². The monoisotopic (exact) mass is 576 g/mol. The van der Waals surface area contributed by atoms with E-state index in [0.717, 1.165) is 29.8 Å². The fraction of sp³-hybridized carbons (Fsp3) is 0.357. The molecule has 3 nitrogen and oxygen atoms in total. The van der Waals surface area contributed by atoms with Crippen LogP contribution < -0.4 is 0 Å². The van der Waals surface area contributed by atoms with Crippen LogP contribution in [-0.2, 0) is 24.9 Å². The molecule has 0 amide bonds. The van der Waals surface area contributed by atoms with E-state index in [4.69, 9.17) is 0 Å². The number of aliphatic hydroxyl groups is 1. The molecule has 40 heavy (non-hydrogen) atoms. The minimum Gasteiger partial charge on any atom is -0.369 e. The molecule has 3 aromatic carbocycles. The standard InChI is InChI=1S/C28H25F9N2O/c29-26(30,31)24-3-1-2-20(16-24)18-39-14-12-38(13-15-39)17-19-4-6-21(7-5-19)22-8-10-23(11-9-22)25(40,27(32,33)34)28(35,36)37/h1-11,16,40H,12-15,17-18H2. The smallest absolute Gasteiger partial charge is 0.369 e. The van der Waals surface area contributed by atoms with E-state index < -0.39 is 35.3 Å². The molecule has 0 saturated carbocycles. The van der Waals surface area contributed by atoms with E-state index in [1.165, 1.54) is 6.07 Å². The molecule has 4 rings (SSSR count). The summed E-state index contributed by atoms with van der Waals surface area (Å²) in [6.07, 6.45) is -16.3. The Morgan fingerprint density at radius 3 is 1.45 bits per heavy atom. The maximum absolute atomic E-state index is 13.1. The highest BCUT2D eigenvalue weighted by Gasteiger charge is 2.71. The highest BCUT2D eigenvalue weighted by atomic mass is 19.4. The van der Waals surface area contributed by atoms with Crippen molar-refractivity contribution in [2.24, 2.45) is 0 Å². The second-order valence-electron chi connectivity index (χ2n) is 9.73.